The molecule has 110 valence electrons. The molecule has 0 fully saturated rings. The van der Waals surface area contributed by atoms with Crippen LogP contribution in [0, 0.1) is 11.6 Å². The fourth-order valence-corrected chi connectivity index (χ4v) is 2.30. The second kappa shape index (κ2) is 6.40. The van der Waals surface area contributed by atoms with Crippen LogP contribution >= 0.6 is 11.3 Å². The van der Waals surface area contributed by atoms with Gasteiger partial charge in [-0.15, -0.1) is 11.3 Å². The molecule has 2 aromatic rings. The van der Waals surface area contributed by atoms with E-state index in [1.807, 2.05) is 0 Å². The van der Waals surface area contributed by atoms with Crippen LogP contribution in [0.5, 0.6) is 0 Å². The van der Waals surface area contributed by atoms with Gasteiger partial charge in [-0.1, -0.05) is 6.07 Å². The molecule has 0 unspecified atom stereocenters. The number of nitrogens with one attached hydrogen (secondary N) is 1. The first-order chi connectivity index (χ1) is 9.97. The third-order valence-corrected chi connectivity index (χ3v) is 3.46. The number of nitrogens with zero attached hydrogens (tertiary/aromatic N) is 1. The number of rotatable bonds is 5. The Hall–Kier alpha value is -2.35. The summed E-state index contributed by atoms with van der Waals surface area (Å²) < 4.78 is 26.7. The van der Waals surface area contributed by atoms with E-state index in [0.717, 1.165) is 23.5 Å². The van der Waals surface area contributed by atoms with Gasteiger partial charge in [-0.3, -0.25) is 4.79 Å². The second-order valence-electron chi connectivity index (χ2n) is 4.09. The highest BCUT2D eigenvalue weighted by atomic mass is 32.1. The van der Waals surface area contributed by atoms with Crippen molar-refractivity contribution in [2.45, 2.75) is 13.0 Å². The first-order valence-electron chi connectivity index (χ1n) is 5.84. The van der Waals surface area contributed by atoms with E-state index in [4.69, 9.17) is 5.11 Å². The minimum Gasteiger partial charge on any atom is -0.476 e. The van der Waals surface area contributed by atoms with Gasteiger partial charge in [0.1, 0.15) is 16.6 Å². The number of aromatic nitrogens is 1. The van der Waals surface area contributed by atoms with Gasteiger partial charge in [-0.05, 0) is 12.1 Å². The highest BCUT2D eigenvalue weighted by Gasteiger charge is 2.14. The highest BCUT2D eigenvalue weighted by Crippen LogP contribution is 2.13. The van der Waals surface area contributed by atoms with Crippen LogP contribution in [0.1, 0.15) is 21.1 Å². The summed E-state index contributed by atoms with van der Waals surface area (Å²) in [6.07, 6.45) is -0.435. The summed E-state index contributed by atoms with van der Waals surface area (Å²) in [6.45, 7) is 0.00680. The van der Waals surface area contributed by atoms with E-state index in [2.05, 4.69) is 10.3 Å². The number of benzene rings is 1. The molecule has 1 aromatic carbocycles. The summed E-state index contributed by atoms with van der Waals surface area (Å²) in [4.78, 5) is 26.1. The predicted molar refractivity (Wildman–Crippen MR) is 71.0 cm³/mol. The number of carbonyl (C=O) groups is 2. The number of hydrogen-bond donors (Lipinski definition) is 2. The van der Waals surface area contributed by atoms with Crippen molar-refractivity contribution in [3.05, 3.63) is 51.5 Å². The van der Waals surface area contributed by atoms with Crippen molar-refractivity contribution in [1.29, 1.82) is 0 Å². The topological polar surface area (TPSA) is 79.3 Å². The minimum atomic E-state index is -1.16. The molecule has 0 saturated heterocycles. The number of hydrogen-bond acceptors (Lipinski definition) is 4. The van der Waals surface area contributed by atoms with Gasteiger partial charge >= 0.3 is 5.97 Å². The molecular weight excluding hydrogens is 302 g/mol. The molecule has 2 rings (SSSR count). The van der Waals surface area contributed by atoms with E-state index in [9.17, 15) is 18.4 Å². The second-order valence-corrected chi connectivity index (χ2v) is 5.03. The van der Waals surface area contributed by atoms with E-state index < -0.39 is 29.9 Å². The van der Waals surface area contributed by atoms with Gasteiger partial charge in [0.15, 0.2) is 5.69 Å². The Labute approximate surface area is 122 Å². The Kier molecular flexibility index (Phi) is 4.59. The van der Waals surface area contributed by atoms with Crippen molar-refractivity contribution in [3.8, 4) is 0 Å². The number of carboxylic acids is 1. The maximum atomic E-state index is 13.4. The quantitative estimate of drug-likeness (QED) is 0.885. The Morgan fingerprint density at radius 1 is 1.29 bits per heavy atom. The van der Waals surface area contributed by atoms with Crippen molar-refractivity contribution in [2.24, 2.45) is 0 Å². The van der Waals surface area contributed by atoms with Crippen molar-refractivity contribution in [1.82, 2.24) is 10.3 Å². The van der Waals surface area contributed by atoms with Crippen LogP contribution in [0.25, 0.3) is 0 Å². The van der Waals surface area contributed by atoms with E-state index in [-0.39, 0.29) is 17.8 Å². The summed E-state index contributed by atoms with van der Waals surface area (Å²) in [5.41, 5.74) is -0.412. The smallest absolute Gasteiger partial charge is 0.355 e. The maximum absolute atomic E-state index is 13.4. The van der Waals surface area contributed by atoms with Crippen LogP contribution in [0.3, 0.4) is 0 Å². The van der Waals surface area contributed by atoms with Gasteiger partial charge in [0.2, 0.25) is 5.91 Å². The summed E-state index contributed by atoms with van der Waals surface area (Å²) in [5.74, 6) is -3.30. The van der Waals surface area contributed by atoms with Crippen LogP contribution in [0.2, 0.25) is 0 Å². The van der Waals surface area contributed by atoms with Crippen LogP contribution in [0.4, 0.5) is 8.78 Å². The molecule has 0 aliphatic rings. The zero-order valence-corrected chi connectivity index (χ0v) is 11.4. The summed E-state index contributed by atoms with van der Waals surface area (Å²) in [5, 5.41) is 12.9. The normalized spacial score (nSPS) is 10.4. The van der Waals surface area contributed by atoms with Gasteiger partial charge in [-0.2, -0.15) is 0 Å². The largest absolute Gasteiger partial charge is 0.476 e. The number of carboxylic acid groups (broad SMARTS) is 1. The number of amides is 1. The standard InChI is InChI=1S/C13H10F2N2O3S/c14-8-2-1-3-9(15)7(8)4-11(18)16-5-12-17-10(6-21-12)13(19)20/h1-3,6H,4-5H2,(H,16,18)(H,19,20). The molecular formula is C13H10F2N2O3S. The molecule has 2 N–H and O–H groups in total. The molecule has 0 aliphatic carbocycles. The third kappa shape index (κ3) is 3.82. The Morgan fingerprint density at radius 2 is 1.95 bits per heavy atom. The molecule has 0 aliphatic heterocycles. The number of aromatic carboxylic acids is 1. The summed E-state index contributed by atoms with van der Waals surface area (Å²) >= 11 is 1.08. The lowest BCUT2D eigenvalue weighted by molar-refractivity contribution is -0.120. The minimum absolute atomic E-state index is 0.00680. The molecule has 5 nitrogen and oxygen atoms in total. The molecule has 0 bridgehead atoms. The number of halogens is 2. The fraction of sp³-hybridized carbons (Fsp3) is 0.154. The van der Waals surface area contributed by atoms with Crippen LogP contribution in [-0.2, 0) is 17.8 Å². The summed E-state index contributed by atoms with van der Waals surface area (Å²) in [6, 6.07) is 3.37. The SMILES string of the molecule is O=C(Cc1c(F)cccc1F)NCc1nc(C(=O)O)cs1. The number of thiazole rings is 1. The molecule has 8 heteroatoms. The fourth-order valence-electron chi connectivity index (χ4n) is 1.59. The Balaban J connectivity index is 1.94. The Bertz CT molecular complexity index is 668. The molecule has 0 atom stereocenters. The first kappa shape index (κ1) is 15.0. The highest BCUT2D eigenvalue weighted by molar-refractivity contribution is 7.09. The monoisotopic (exact) mass is 312 g/mol. The number of carbonyl (C=O) groups excluding carboxylic acids is 1. The molecule has 1 heterocycles. The zero-order valence-electron chi connectivity index (χ0n) is 10.6. The van der Waals surface area contributed by atoms with Crippen molar-refractivity contribution in [3.63, 3.8) is 0 Å². The van der Waals surface area contributed by atoms with Crippen molar-refractivity contribution < 1.29 is 23.5 Å². The van der Waals surface area contributed by atoms with Crippen molar-refractivity contribution >= 4 is 23.2 Å². The van der Waals surface area contributed by atoms with Crippen LogP contribution < -0.4 is 5.32 Å². The predicted octanol–water partition coefficient (Wildman–Crippen LogP) is 1.98. The third-order valence-electron chi connectivity index (χ3n) is 2.61. The van der Waals surface area contributed by atoms with E-state index in [0.29, 0.717) is 5.01 Å². The van der Waals surface area contributed by atoms with Gasteiger partial charge < -0.3 is 10.4 Å². The molecule has 0 radical (unpaired) electrons. The van der Waals surface area contributed by atoms with Crippen LogP contribution in [0.15, 0.2) is 23.6 Å². The van der Waals surface area contributed by atoms with Gasteiger partial charge in [0, 0.05) is 10.9 Å². The first-order valence-corrected chi connectivity index (χ1v) is 6.72. The average Bonchev–Trinajstić information content (AvgIpc) is 2.90. The van der Waals surface area contributed by atoms with E-state index in [1.54, 1.807) is 0 Å². The molecule has 1 aromatic heterocycles. The van der Waals surface area contributed by atoms with Gasteiger partial charge in [0.05, 0.1) is 13.0 Å². The maximum Gasteiger partial charge on any atom is 0.355 e. The summed E-state index contributed by atoms with van der Waals surface area (Å²) in [7, 11) is 0. The van der Waals surface area contributed by atoms with Gasteiger partial charge in [0.25, 0.3) is 0 Å². The molecule has 21 heavy (non-hydrogen) atoms. The van der Waals surface area contributed by atoms with Crippen molar-refractivity contribution in [2.75, 3.05) is 0 Å². The zero-order chi connectivity index (χ0) is 15.4. The lowest BCUT2D eigenvalue weighted by Gasteiger charge is -2.05. The van der Waals surface area contributed by atoms with E-state index in [1.165, 1.54) is 11.4 Å². The van der Waals surface area contributed by atoms with Gasteiger partial charge in [-0.25, -0.2) is 18.6 Å². The molecule has 0 saturated carbocycles. The van der Waals surface area contributed by atoms with Crippen LogP contribution in [-0.4, -0.2) is 22.0 Å². The molecule has 1 amide bonds. The van der Waals surface area contributed by atoms with E-state index >= 15 is 0 Å². The lowest BCUT2D eigenvalue weighted by atomic mass is 10.1. The molecule has 0 spiro atoms. The average molecular weight is 312 g/mol. The lowest BCUT2D eigenvalue weighted by Crippen LogP contribution is -2.25. The Morgan fingerprint density at radius 3 is 2.52 bits per heavy atom.